The van der Waals surface area contributed by atoms with E-state index in [0.717, 1.165) is 6.42 Å². The van der Waals surface area contributed by atoms with E-state index in [1.807, 2.05) is 6.92 Å². The zero-order valence-electron chi connectivity index (χ0n) is 10.8. The van der Waals surface area contributed by atoms with Crippen molar-refractivity contribution in [2.75, 3.05) is 0 Å². The smallest absolute Gasteiger partial charge is 0.309 e. The molecule has 0 bridgehead atoms. The maximum atomic E-state index is 11.5. The first kappa shape index (κ1) is 11.9. The zero-order chi connectivity index (χ0) is 11.8. The van der Waals surface area contributed by atoms with E-state index in [2.05, 4.69) is 13.8 Å². The number of hydrogen-bond acceptors (Lipinski definition) is 2. The molecule has 0 spiro atoms. The average molecular weight is 224 g/mol. The molecule has 0 aromatic carbocycles. The second-order valence-corrected chi connectivity index (χ2v) is 6.08. The highest BCUT2D eigenvalue weighted by molar-refractivity contribution is 5.74. The van der Waals surface area contributed by atoms with Crippen LogP contribution in [0.5, 0.6) is 0 Å². The van der Waals surface area contributed by atoms with Gasteiger partial charge in [0.05, 0.1) is 5.92 Å². The van der Waals surface area contributed by atoms with Crippen molar-refractivity contribution in [3.05, 3.63) is 0 Å². The maximum absolute atomic E-state index is 11.5. The highest BCUT2D eigenvalue weighted by Gasteiger charge is 2.48. The fourth-order valence-electron chi connectivity index (χ4n) is 3.40. The molecule has 1 aliphatic carbocycles. The molecule has 1 heterocycles. The molecule has 0 aromatic rings. The predicted molar refractivity (Wildman–Crippen MR) is 64.0 cm³/mol. The Balaban J connectivity index is 1.98. The van der Waals surface area contributed by atoms with Gasteiger partial charge in [0.15, 0.2) is 0 Å². The third-order valence-corrected chi connectivity index (χ3v) is 4.67. The maximum Gasteiger partial charge on any atom is 0.309 e. The minimum atomic E-state index is 0.0368. The van der Waals surface area contributed by atoms with E-state index >= 15 is 0 Å². The van der Waals surface area contributed by atoms with Gasteiger partial charge in [-0.1, -0.05) is 33.6 Å². The lowest BCUT2D eigenvalue weighted by Gasteiger charge is -2.39. The minimum absolute atomic E-state index is 0.0368. The number of ether oxygens (including phenoxy) is 1. The van der Waals surface area contributed by atoms with Crippen molar-refractivity contribution in [3.8, 4) is 0 Å². The normalized spacial score (nSPS) is 42.9. The fraction of sp³-hybridized carbons (Fsp3) is 0.929. The Kier molecular flexibility index (Phi) is 3.27. The van der Waals surface area contributed by atoms with E-state index in [1.54, 1.807) is 0 Å². The van der Waals surface area contributed by atoms with Crippen LogP contribution in [0.2, 0.25) is 0 Å². The summed E-state index contributed by atoms with van der Waals surface area (Å²) in [6.45, 7) is 6.64. The van der Waals surface area contributed by atoms with Gasteiger partial charge in [-0.15, -0.1) is 0 Å². The molecule has 0 amide bonds. The largest absolute Gasteiger partial charge is 0.462 e. The van der Waals surface area contributed by atoms with Crippen LogP contribution < -0.4 is 0 Å². The lowest BCUT2D eigenvalue weighted by molar-refractivity contribution is -0.145. The summed E-state index contributed by atoms with van der Waals surface area (Å²) in [6, 6.07) is 0. The molecule has 2 aliphatic rings. The Labute approximate surface area is 98.7 Å². The van der Waals surface area contributed by atoms with Crippen molar-refractivity contribution in [1.82, 2.24) is 0 Å². The molecule has 92 valence electrons. The van der Waals surface area contributed by atoms with Crippen LogP contribution in [0.1, 0.15) is 59.3 Å². The quantitative estimate of drug-likeness (QED) is 0.685. The first-order valence-electron chi connectivity index (χ1n) is 6.76. The van der Waals surface area contributed by atoms with Crippen LogP contribution in [0.25, 0.3) is 0 Å². The molecular weight excluding hydrogens is 200 g/mol. The number of carbonyl (C=O) groups is 1. The van der Waals surface area contributed by atoms with E-state index in [0.29, 0.717) is 11.3 Å². The Morgan fingerprint density at radius 2 is 2.25 bits per heavy atom. The highest BCUT2D eigenvalue weighted by Crippen LogP contribution is 2.48. The standard InChI is InChI=1S/C14H24O2/c1-4-5-7-14(3)8-6-11-10(2)13(15)16-12(11)9-14/h10-12H,4-9H2,1-3H3/t10-,11-,12?,14-/m0/s1. The van der Waals surface area contributed by atoms with Crippen LogP contribution >= 0.6 is 0 Å². The summed E-state index contributed by atoms with van der Waals surface area (Å²) in [4.78, 5) is 11.5. The van der Waals surface area contributed by atoms with Crippen LogP contribution in [-0.4, -0.2) is 12.1 Å². The van der Waals surface area contributed by atoms with E-state index in [-0.39, 0.29) is 18.0 Å². The second-order valence-electron chi connectivity index (χ2n) is 6.08. The average Bonchev–Trinajstić information content (AvgIpc) is 2.51. The number of hydrogen-bond donors (Lipinski definition) is 0. The Morgan fingerprint density at radius 1 is 1.50 bits per heavy atom. The molecule has 2 nitrogen and oxygen atoms in total. The van der Waals surface area contributed by atoms with Crippen molar-refractivity contribution in [1.29, 1.82) is 0 Å². The SMILES string of the molecule is CCCC[C@@]1(C)CC[C@@H]2C(C1)OC(=O)[C@H]2C. The van der Waals surface area contributed by atoms with Gasteiger partial charge in [-0.2, -0.15) is 0 Å². The summed E-state index contributed by atoms with van der Waals surface area (Å²) in [6.07, 6.45) is 7.62. The molecule has 2 fully saturated rings. The number of fused-ring (bicyclic) bond motifs is 1. The van der Waals surface area contributed by atoms with Gasteiger partial charge in [0.1, 0.15) is 6.10 Å². The van der Waals surface area contributed by atoms with Crippen LogP contribution in [-0.2, 0) is 9.53 Å². The molecule has 1 unspecified atom stereocenters. The van der Waals surface area contributed by atoms with Crippen LogP contribution in [0, 0.1) is 17.3 Å². The lowest BCUT2D eigenvalue weighted by atomic mass is 9.66. The Bertz CT molecular complexity index is 274. The summed E-state index contributed by atoms with van der Waals surface area (Å²) in [5.74, 6) is 0.678. The predicted octanol–water partition coefficient (Wildman–Crippen LogP) is 3.54. The Morgan fingerprint density at radius 3 is 2.94 bits per heavy atom. The van der Waals surface area contributed by atoms with Crippen molar-refractivity contribution < 1.29 is 9.53 Å². The monoisotopic (exact) mass is 224 g/mol. The van der Waals surface area contributed by atoms with Crippen molar-refractivity contribution >= 4 is 5.97 Å². The van der Waals surface area contributed by atoms with E-state index in [9.17, 15) is 4.79 Å². The van der Waals surface area contributed by atoms with Gasteiger partial charge in [-0.3, -0.25) is 4.79 Å². The highest BCUT2D eigenvalue weighted by atomic mass is 16.6. The second kappa shape index (κ2) is 4.38. The summed E-state index contributed by atoms with van der Waals surface area (Å²) >= 11 is 0. The van der Waals surface area contributed by atoms with Crippen molar-refractivity contribution in [3.63, 3.8) is 0 Å². The zero-order valence-corrected chi connectivity index (χ0v) is 10.8. The van der Waals surface area contributed by atoms with Gasteiger partial charge in [-0.05, 0) is 31.1 Å². The van der Waals surface area contributed by atoms with Gasteiger partial charge < -0.3 is 4.74 Å². The van der Waals surface area contributed by atoms with E-state index in [4.69, 9.17) is 4.74 Å². The molecule has 1 saturated carbocycles. The first-order valence-corrected chi connectivity index (χ1v) is 6.76. The molecule has 16 heavy (non-hydrogen) atoms. The fourth-order valence-corrected chi connectivity index (χ4v) is 3.40. The van der Waals surface area contributed by atoms with Crippen LogP contribution in [0.3, 0.4) is 0 Å². The summed E-state index contributed by atoms with van der Waals surface area (Å²) in [7, 11) is 0. The van der Waals surface area contributed by atoms with Crippen LogP contribution in [0.4, 0.5) is 0 Å². The molecule has 0 radical (unpaired) electrons. The summed E-state index contributed by atoms with van der Waals surface area (Å²) in [5, 5.41) is 0. The Hall–Kier alpha value is -0.530. The molecule has 1 saturated heterocycles. The lowest BCUT2D eigenvalue weighted by Crippen LogP contribution is -2.34. The van der Waals surface area contributed by atoms with Gasteiger partial charge in [0.25, 0.3) is 0 Å². The number of unbranched alkanes of at least 4 members (excludes halogenated alkanes) is 1. The molecule has 4 atom stereocenters. The number of rotatable bonds is 3. The number of carbonyl (C=O) groups excluding carboxylic acids is 1. The molecule has 2 heteroatoms. The topological polar surface area (TPSA) is 26.3 Å². The summed E-state index contributed by atoms with van der Waals surface area (Å²) < 4.78 is 5.51. The third-order valence-electron chi connectivity index (χ3n) is 4.67. The van der Waals surface area contributed by atoms with Crippen molar-refractivity contribution in [2.24, 2.45) is 17.3 Å². The third kappa shape index (κ3) is 2.11. The number of esters is 1. The van der Waals surface area contributed by atoms with E-state index in [1.165, 1.54) is 32.1 Å². The minimum Gasteiger partial charge on any atom is -0.462 e. The van der Waals surface area contributed by atoms with Gasteiger partial charge in [0.2, 0.25) is 0 Å². The molecule has 1 aliphatic heterocycles. The van der Waals surface area contributed by atoms with Crippen LogP contribution in [0.15, 0.2) is 0 Å². The van der Waals surface area contributed by atoms with Crippen molar-refractivity contribution in [2.45, 2.75) is 65.4 Å². The van der Waals surface area contributed by atoms with Gasteiger partial charge >= 0.3 is 5.97 Å². The van der Waals surface area contributed by atoms with Gasteiger partial charge in [-0.25, -0.2) is 0 Å². The summed E-state index contributed by atoms with van der Waals surface area (Å²) in [5.41, 5.74) is 0.418. The first-order chi connectivity index (χ1) is 7.56. The molecular formula is C14H24O2. The molecule has 0 aromatic heterocycles. The molecule has 2 rings (SSSR count). The van der Waals surface area contributed by atoms with E-state index < -0.39 is 0 Å². The molecule has 0 N–H and O–H groups in total. The van der Waals surface area contributed by atoms with Gasteiger partial charge in [0, 0.05) is 5.92 Å².